The Kier molecular flexibility index (Phi) is 6.65. The maximum absolute atomic E-state index is 12.0. The van der Waals surface area contributed by atoms with Crippen molar-refractivity contribution in [1.82, 2.24) is 10.2 Å². The molecule has 3 N–H and O–H groups in total. The van der Waals surface area contributed by atoms with Crippen molar-refractivity contribution in [1.29, 1.82) is 0 Å². The number of hydrogen-bond acceptors (Lipinski definition) is 3. The molecule has 1 aliphatic rings. The summed E-state index contributed by atoms with van der Waals surface area (Å²) in [5, 5.41) is 3.05. The molecule has 0 aromatic heterocycles. The van der Waals surface area contributed by atoms with Gasteiger partial charge in [0.2, 0.25) is 11.8 Å². The van der Waals surface area contributed by atoms with E-state index in [0.717, 1.165) is 25.7 Å². The first-order valence-electron chi connectivity index (χ1n) is 8.08. The molecule has 5 nitrogen and oxygen atoms in total. The summed E-state index contributed by atoms with van der Waals surface area (Å²) in [6.45, 7) is 9.65. The van der Waals surface area contributed by atoms with E-state index in [-0.39, 0.29) is 29.8 Å². The molecule has 0 aromatic carbocycles. The lowest BCUT2D eigenvalue weighted by Gasteiger charge is -2.39. The first-order valence-corrected chi connectivity index (χ1v) is 8.08. The number of hydrogen-bond donors (Lipinski definition) is 2. The Morgan fingerprint density at radius 3 is 2.00 bits per heavy atom. The Bertz CT molecular complexity index is 361. The van der Waals surface area contributed by atoms with Crippen LogP contribution in [0.3, 0.4) is 0 Å². The summed E-state index contributed by atoms with van der Waals surface area (Å²) in [6, 6.07) is 0.286. The number of rotatable bonds is 5. The van der Waals surface area contributed by atoms with Crippen LogP contribution in [0, 0.1) is 5.92 Å². The van der Waals surface area contributed by atoms with Gasteiger partial charge < -0.3 is 16.0 Å². The van der Waals surface area contributed by atoms with Crippen molar-refractivity contribution in [3.05, 3.63) is 0 Å². The summed E-state index contributed by atoms with van der Waals surface area (Å²) < 4.78 is 0. The maximum atomic E-state index is 12.0. The largest absolute Gasteiger partial charge is 0.352 e. The van der Waals surface area contributed by atoms with Crippen molar-refractivity contribution >= 4 is 11.8 Å². The average molecular weight is 297 g/mol. The molecule has 0 radical (unpaired) electrons. The summed E-state index contributed by atoms with van der Waals surface area (Å²) in [7, 11) is 0. The monoisotopic (exact) mass is 297 g/mol. The molecular weight excluding hydrogens is 266 g/mol. The smallest absolute Gasteiger partial charge is 0.237 e. The lowest BCUT2D eigenvalue weighted by molar-refractivity contribution is -0.134. The van der Waals surface area contributed by atoms with E-state index in [4.69, 9.17) is 5.73 Å². The van der Waals surface area contributed by atoms with Gasteiger partial charge in [0.15, 0.2) is 0 Å². The van der Waals surface area contributed by atoms with Gasteiger partial charge in [0.1, 0.15) is 0 Å². The SMILES string of the molecule is CC(=O)N(C(C)C)C1CCC(NC(=O)[C@@H](N)C(C)C)CC1. The molecule has 0 spiro atoms. The van der Waals surface area contributed by atoms with Crippen LogP contribution in [0.1, 0.15) is 60.3 Å². The van der Waals surface area contributed by atoms with Gasteiger partial charge in [-0.2, -0.15) is 0 Å². The summed E-state index contributed by atoms with van der Waals surface area (Å²) in [4.78, 5) is 25.7. The number of carbonyl (C=O) groups is 2. The Morgan fingerprint density at radius 2 is 1.62 bits per heavy atom. The van der Waals surface area contributed by atoms with Gasteiger partial charge in [-0.05, 0) is 45.4 Å². The van der Waals surface area contributed by atoms with Gasteiger partial charge in [-0.15, -0.1) is 0 Å². The van der Waals surface area contributed by atoms with Crippen molar-refractivity contribution in [2.75, 3.05) is 0 Å². The van der Waals surface area contributed by atoms with Crippen LogP contribution in [0.25, 0.3) is 0 Å². The number of amides is 2. The highest BCUT2D eigenvalue weighted by Gasteiger charge is 2.30. The van der Waals surface area contributed by atoms with Crippen LogP contribution in [0.15, 0.2) is 0 Å². The minimum Gasteiger partial charge on any atom is -0.352 e. The first kappa shape index (κ1) is 18.0. The third kappa shape index (κ3) is 4.99. The van der Waals surface area contributed by atoms with Gasteiger partial charge in [-0.3, -0.25) is 9.59 Å². The van der Waals surface area contributed by atoms with Crippen molar-refractivity contribution in [2.45, 2.75) is 84.5 Å². The normalized spacial score (nSPS) is 24.0. The molecule has 0 aromatic rings. The van der Waals surface area contributed by atoms with Crippen molar-refractivity contribution in [2.24, 2.45) is 11.7 Å². The Balaban J connectivity index is 2.49. The molecule has 1 fully saturated rings. The van der Waals surface area contributed by atoms with E-state index in [1.165, 1.54) is 0 Å². The van der Waals surface area contributed by atoms with Crippen molar-refractivity contribution in [3.63, 3.8) is 0 Å². The topological polar surface area (TPSA) is 75.4 Å². The molecule has 0 aliphatic heterocycles. The average Bonchev–Trinajstić information content (AvgIpc) is 2.38. The highest BCUT2D eigenvalue weighted by Crippen LogP contribution is 2.25. The molecule has 5 heteroatoms. The Labute approximate surface area is 128 Å². The standard InChI is InChI=1S/C16H31N3O2/c1-10(2)15(17)16(21)18-13-6-8-14(9-7-13)19(11(3)4)12(5)20/h10-11,13-15H,6-9,17H2,1-5H3,(H,18,21)/t13?,14?,15-/m0/s1. The Hall–Kier alpha value is -1.10. The second-order valence-corrected chi connectivity index (χ2v) is 6.80. The van der Waals surface area contributed by atoms with Gasteiger partial charge in [0.05, 0.1) is 6.04 Å². The molecule has 0 saturated heterocycles. The second kappa shape index (κ2) is 7.78. The van der Waals surface area contributed by atoms with Crippen molar-refractivity contribution in [3.8, 4) is 0 Å². The van der Waals surface area contributed by atoms with Gasteiger partial charge in [-0.25, -0.2) is 0 Å². The van der Waals surface area contributed by atoms with Crippen LogP contribution in [0.2, 0.25) is 0 Å². The van der Waals surface area contributed by atoms with Crippen LogP contribution >= 0.6 is 0 Å². The molecule has 1 rings (SSSR count). The van der Waals surface area contributed by atoms with E-state index < -0.39 is 6.04 Å². The molecule has 0 bridgehead atoms. The summed E-state index contributed by atoms with van der Waals surface area (Å²) in [5.74, 6) is 0.232. The van der Waals surface area contributed by atoms with E-state index in [2.05, 4.69) is 19.2 Å². The highest BCUT2D eigenvalue weighted by molar-refractivity contribution is 5.82. The van der Waals surface area contributed by atoms with Crippen molar-refractivity contribution < 1.29 is 9.59 Å². The van der Waals surface area contributed by atoms with Gasteiger partial charge in [0.25, 0.3) is 0 Å². The van der Waals surface area contributed by atoms with Crippen LogP contribution in [-0.2, 0) is 9.59 Å². The predicted octanol–water partition coefficient (Wildman–Crippen LogP) is 1.65. The third-order valence-electron chi connectivity index (χ3n) is 4.38. The molecule has 21 heavy (non-hydrogen) atoms. The molecule has 122 valence electrons. The number of nitrogens with one attached hydrogen (secondary N) is 1. The van der Waals surface area contributed by atoms with Crippen LogP contribution < -0.4 is 11.1 Å². The molecule has 1 aliphatic carbocycles. The lowest BCUT2D eigenvalue weighted by Crippen LogP contribution is -2.51. The summed E-state index contributed by atoms with van der Waals surface area (Å²) in [5.41, 5.74) is 5.87. The minimum absolute atomic E-state index is 0.0549. The lowest BCUT2D eigenvalue weighted by atomic mass is 9.89. The van der Waals surface area contributed by atoms with Gasteiger partial charge in [-0.1, -0.05) is 13.8 Å². The van der Waals surface area contributed by atoms with E-state index in [1.807, 2.05) is 18.7 Å². The molecule has 0 unspecified atom stereocenters. The van der Waals surface area contributed by atoms with E-state index >= 15 is 0 Å². The quantitative estimate of drug-likeness (QED) is 0.810. The fourth-order valence-corrected chi connectivity index (χ4v) is 3.14. The highest BCUT2D eigenvalue weighted by atomic mass is 16.2. The molecule has 1 saturated carbocycles. The molecular formula is C16H31N3O2. The minimum atomic E-state index is -0.438. The van der Waals surface area contributed by atoms with Crippen LogP contribution in [-0.4, -0.2) is 40.9 Å². The molecule has 2 amide bonds. The zero-order valence-corrected chi connectivity index (χ0v) is 14.1. The molecule has 1 atom stereocenters. The third-order valence-corrected chi connectivity index (χ3v) is 4.38. The van der Waals surface area contributed by atoms with E-state index in [0.29, 0.717) is 6.04 Å². The number of nitrogens with zero attached hydrogens (tertiary/aromatic N) is 1. The summed E-state index contributed by atoms with van der Waals surface area (Å²) >= 11 is 0. The number of nitrogens with two attached hydrogens (primary N) is 1. The molecule has 0 heterocycles. The zero-order valence-electron chi connectivity index (χ0n) is 14.1. The number of carbonyl (C=O) groups excluding carboxylic acids is 2. The van der Waals surface area contributed by atoms with Gasteiger partial charge in [0, 0.05) is 25.0 Å². The van der Waals surface area contributed by atoms with Gasteiger partial charge >= 0.3 is 0 Å². The van der Waals surface area contributed by atoms with Crippen LogP contribution in [0.5, 0.6) is 0 Å². The summed E-state index contributed by atoms with van der Waals surface area (Å²) in [6.07, 6.45) is 3.72. The first-order chi connectivity index (χ1) is 9.73. The fraction of sp³-hybridized carbons (Fsp3) is 0.875. The maximum Gasteiger partial charge on any atom is 0.237 e. The Morgan fingerprint density at radius 1 is 1.10 bits per heavy atom. The van der Waals surface area contributed by atoms with E-state index in [9.17, 15) is 9.59 Å². The second-order valence-electron chi connectivity index (χ2n) is 6.80. The zero-order chi connectivity index (χ0) is 16.2. The van der Waals surface area contributed by atoms with Crippen LogP contribution in [0.4, 0.5) is 0 Å². The van der Waals surface area contributed by atoms with E-state index in [1.54, 1.807) is 6.92 Å². The fourth-order valence-electron chi connectivity index (χ4n) is 3.14. The predicted molar refractivity (Wildman–Crippen MR) is 84.7 cm³/mol.